The maximum Gasteiger partial charge on any atom is 0.224 e. The molecule has 0 saturated heterocycles. The summed E-state index contributed by atoms with van der Waals surface area (Å²) in [5.74, 6) is 0.125. The Morgan fingerprint density at radius 2 is 2.27 bits per heavy atom. The maximum atomic E-state index is 12.4. The summed E-state index contributed by atoms with van der Waals surface area (Å²) in [5.41, 5.74) is 3.89. The van der Waals surface area contributed by atoms with Crippen molar-refractivity contribution in [3.63, 3.8) is 0 Å². The number of benzene rings is 1. The summed E-state index contributed by atoms with van der Waals surface area (Å²) in [4.78, 5) is 12.4. The van der Waals surface area contributed by atoms with Crippen molar-refractivity contribution in [2.45, 2.75) is 51.8 Å². The van der Waals surface area contributed by atoms with Crippen molar-refractivity contribution >= 4 is 5.91 Å². The van der Waals surface area contributed by atoms with Gasteiger partial charge in [-0.05, 0) is 36.1 Å². The van der Waals surface area contributed by atoms with E-state index in [0.29, 0.717) is 6.42 Å². The molecule has 4 heteroatoms. The fourth-order valence-corrected chi connectivity index (χ4v) is 3.73. The number of hydrogen-bond acceptors (Lipinski definition) is 3. The first kappa shape index (κ1) is 15.5. The first-order valence-corrected chi connectivity index (χ1v) is 8.15. The van der Waals surface area contributed by atoms with E-state index >= 15 is 0 Å². The average Bonchev–Trinajstić information content (AvgIpc) is 2.51. The molecule has 2 aliphatic rings. The number of fused-ring (bicyclic) bond motifs is 1. The van der Waals surface area contributed by atoms with E-state index in [1.54, 1.807) is 7.11 Å². The largest absolute Gasteiger partial charge is 0.381 e. The molecular weight excluding hydrogens is 276 g/mol. The lowest BCUT2D eigenvalue weighted by molar-refractivity contribution is -0.132. The Bertz CT molecular complexity index is 568. The molecule has 1 saturated carbocycles. The van der Waals surface area contributed by atoms with Crippen LogP contribution in [-0.4, -0.2) is 31.7 Å². The molecule has 0 bridgehead atoms. The highest BCUT2D eigenvalue weighted by Gasteiger charge is 2.49. The summed E-state index contributed by atoms with van der Waals surface area (Å²) < 4.78 is 5.45. The summed E-state index contributed by atoms with van der Waals surface area (Å²) in [6.07, 6.45) is 2.65. The van der Waals surface area contributed by atoms with Gasteiger partial charge in [-0.3, -0.25) is 4.79 Å². The Kier molecular flexibility index (Phi) is 4.24. The molecule has 1 aromatic carbocycles. The van der Waals surface area contributed by atoms with Gasteiger partial charge in [-0.15, -0.1) is 0 Å². The second-order valence-corrected chi connectivity index (χ2v) is 7.06. The molecule has 22 heavy (non-hydrogen) atoms. The lowest BCUT2D eigenvalue weighted by Gasteiger charge is -2.51. The zero-order valence-electron chi connectivity index (χ0n) is 13.7. The van der Waals surface area contributed by atoms with Crippen molar-refractivity contribution in [3.05, 3.63) is 34.9 Å². The van der Waals surface area contributed by atoms with Crippen molar-refractivity contribution in [2.24, 2.45) is 5.41 Å². The molecule has 1 amide bonds. The lowest BCUT2D eigenvalue weighted by Crippen LogP contribution is -2.62. The third-order valence-corrected chi connectivity index (χ3v) is 5.39. The van der Waals surface area contributed by atoms with Crippen molar-refractivity contribution in [1.29, 1.82) is 0 Å². The topological polar surface area (TPSA) is 50.4 Å². The van der Waals surface area contributed by atoms with Crippen LogP contribution in [0.1, 0.15) is 37.0 Å². The molecule has 0 spiro atoms. The van der Waals surface area contributed by atoms with Crippen LogP contribution in [0.5, 0.6) is 0 Å². The minimum absolute atomic E-state index is 0.0183. The minimum atomic E-state index is 0.0183. The molecule has 120 valence electrons. The third kappa shape index (κ3) is 2.77. The van der Waals surface area contributed by atoms with Gasteiger partial charge in [0.15, 0.2) is 0 Å². The molecule has 0 radical (unpaired) electrons. The molecule has 1 aliphatic carbocycles. The van der Waals surface area contributed by atoms with E-state index in [9.17, 15) is 4.79 Å². The van der Waals surface area contributed by atoms with E-state index < -0.39 is 0 Å². The van der Waals surface area contributed by atoms with Crippen molar-refractivity contribution in [2.75, 3.05) is 13.7 Å². The molecule has 3 rings (SSSR count). The highest BCUT2D eigenvalue weighted by molar-refractivity contribution is 5.79. The molecule has 0 aromatic heterocycles. The minimum Gasteiger partial charge on any atom is -0.381 e. The average molecular weight is 302 g/mol. The van der Waals surface area contributed by atoms with Crippen LogP contribution in [0, 0.1) is 5.41 Å². The molecule has 1 heterocycles. The van der Waals surface area contributed by atoms with Gasteiger partial charge in [-0.2, -0.15) is 0 Å². The number of ether oxygens (including phenoxy) is 1. The summed E-state index contributed by atoms with van der Waals surface area (Å²) >= 11 is 0. The number of rotatable bonds is 4. The van der Waals surface area contributed by atoms with E-state index in [0.717, 1.165) is 25.9 Å². The van der Waals surface area contributed by atoms with E-state index in [1.165, 1.54) is 16.7 Å². The maximum absolute atomic E-state index is 12.4. The predicted molar refractivity (Wildman–Crippen MR) is 86.7 cm³/mol. The molecule has 4 nitrogen and oxygen atoms in total. The zero-order valence-corrected chi connectivity index (χ0v) is 13.7. The fraction of sp³-hybridized carbons (Fsp3) is 0.611. The van der Waals surface area contributed by atoms with Crippen molar-refractivity contribution in [3.8, 4) is 0 Å². The predicted octanol–water partition coefficient (Wildman–Crippen LogP) is 1.80. The first-order chi connectivity index (χ1) is 10.5. The molecule has 2 unspecified atom stereocenters. The fourth-order valence-electron chi connectivity index (χ4n) is 3.73. The van der Waals surface area contributed by atoms with Crippen LogP contribution in [-0.2, 0) is 28.9 Å². The van der Waals surface area contributed by atoms with Crippen LogP contribution < -0.4 is 10.6 Å². The second-order valence-electron chi connectivity index (χ2n) is 7.06. The number of carbonyl (C=O) groups excluding carboxylic acids is 1. The van der Waals surface area contributed by atoms with Gasteiger partial charge < -0.3 is 15.4 Å². The number of amides is 1. The normalized spacial score (nSPS) is 26.0. The van der Waals surface area contributed by atoms with Gasteiger partial charge in [-0.1, -0.05) is 32.0 Å². The SMILES string of the molecule is COC1CC(NC(=O)Cc2cccc3c2CCNC3)C1(C)C. The van der Waals surface area contributed by atoms with Crippen LogP contribution in [0.4, 0.5) is 0 Å². The van der Waals surface area contributed by atoms with Crippen molar-refractivity contribution in [1.82, 2.24) is 10.6 Å². The van der Waals surface area contributed by atoms with E-state index in [2.05, 4.69) is 42.7 Å². The zero-order chi connectivity index (χ0) is 15.7. The molecule has 1 aliphatic heterocycles. The van der Waals surface area contributed by atoms with Gasteiger partial charge in [0, 0.05) is 25.1 Å². The van der Waals surface area contributed by atoms with Crippen molar-refractivity contribution < 1.29 is 9.53 Å². The van der Waals surface area contributed by atoms with Crippen LogP contribution in [0.2, 0.25) is 0 Å². The lowest BCUT2D eigenvalue weighted by atomic mass is 9.64. The Balaban J connectivity index is 1.64. The van der Waals surface area contributed by atoms with Gasteiger partial charge in [-0.25, -0.2) is 0 Å². The highest BCUT2D eigenvalue weighted by atomic mass is 16.5. The standard InChI is InChI=1S/C18H26N2O2/c1-18(2)15(10-16(18)22-3)20-17(21)9-12-5-4-6-13-11-19-8-7-14(12)13/h4-6,15-16,19H,7-11H2,1-3H3,(H,20,21). The quantitative estimate of drug-likeness (QED) is 0.892. The van der Waals surface area contributed by atoms with Crippen LogP contribution in [0.25, 0.3) is 0 Å². The molecule has 2 N–H and O–H groups in total. The van der Waals surface area contributed by atoms with Gasteiger partial charge in [0.25, 0.3) is 0 Å². The number of methoxy groups -OCH3 is 1. The van der Waals surface area contributed by atoms with E-state index in [4.69, 9.17) is 4.74 Å². The monoisotopic (exact) mass is 302 g/mol. The smallest absolute Gasteiger partial charge is 0.224 e. The molecule has 1 aromatic rings. The second kappa shape index (κ2) is 6.01. The Morgan fingerprint density at radius 1 is 1.45 bits per heavy atom. The van der Waals surface area contributed by atoms with Crippen LogP contribution in [0.3, 0.4) is 0 Å². The molecular formula is C18H26N2O2. The van der Waals surface area contributed by atoms with Gasteiger partial charge in [0.2, 0.25) is 5.91 Å². The summed E-state index contributed by atoms with van der Waals surface area (Å²) in [6, 6.07) is 6.52. The Labute approximate surface area is 132 Å². The first-order valence-electron chi connectivity index (χ1n) is 8.15. The van der Waals surface area contributed by atoms with Gasteiger partial charge in [0.05, 0.1) is 12.5 Å². The van der Waals surface area contributed by atoms with Gasteiger partial charge >= 0.3 is 0 Å². The summed E-state index contributed by atoms with van der Waals surface area (Å²) in [7, 11) is 1.74. The van der Waals surface area contributed by atoms with E-state index in [1.807, 2.05) is 0 Å². The molecule has 2 atom stereocenters. The number of hydrogen-bond donors (Lipinski definition) is 2. The number of carbonyl (C=O) groups is 1. The Hall–Kier alpha value is -1.39. The molecule has 1 fully saturated rings. The van der Waals surface area contributed by atoms with Crippen LogP contribution >= 0.6 is 0 Å². The van der Waals surface area contributed by atoms with E-state index in [-0.39, 0.29) is 23.5 Å². The third-order valence-electron chi connectivity index (χ3n) is 5.39. The highest BCUT2D eigenvalue weighted by Crippen LogP contribution is 2.42. The summed E-state index contributed by atoms with van der Waals surface area (Å²) in [6.45, 7) is 6.23. The summed E-state index contributed by atoms with van der Waals surface area (Å²) in [5, 5.41) is 6.57. The van der Waals surface area contributed by atoms with Gasteiger partial charge in [0.1, 0.15) is 0 Å². The number of nitrogens with one attached hydrogen (secondary N) is 2. The Morgan fingerprint density at radius 3 is 3.00 bits per heavy atom. The van der Waals surface area contributed by atoms with Crippen LogP contribution in [0.15, 0.2) is 18.2 Å².